The minimum absolute atomic E-state index is 0.00186. The van der Waals surface area contributed by atoms with E-state index in [2.05, 4.69) is 28.6 Å². The van der Waals surface area contributed by atoms with Gasteiger partial charge in [-0.3, -0.25) is 14.4 Å². The zero-order chi connectivity index (χ0) is 28.4. The van der Waals surface area contributed by atoms with E-state index in [-0.39, 0.29) is 30.1 Å². The van der Waals surface area contributed by atoms with Crippen molar-refractivity contribution >= 4 is 36.3 Å². The number of nitrogens with two attached hydrogens (primary N) is 1. The van der Waals surface area contributed by atoms with Crippen molar-refractivity contribution in [2.75, 3.05) is 5.75 Å². The van der Waals surface area contributed by atoms with Crippen molar-refractivity contribution in [3.63, 3.8) is 0 Å². The van der Waals surface area contributed by atoms with Gasteiger partial charge < -0.3 is 42.1 Å². The van der Waals surface area contributed by atoms with E-state index < -0.39 is 54.0 Å². The van der Waals surface area contributed by atoms with Crippen molar-refractivity contribution in [1.82, 2.24) is 16.0 Å². The number of phenolic OH excluding ortho intramolecular Hbond substituents is 2. The van der Waals surface area contributed by atoms with Gasteiger partial charge in [0.1, 0.15) is 29.6 Å². The van der Waals surface area contributed by atoms with Gasteiger partial charge in [0.15, 0.2) is 0 Å². The van der Waals surface area contributed by atoms with E-state index >= 15 is 0 Å². The zero-order valence-corrected chi connectivity index (χ0v) is 21.5. The molecule has 5 unspecified atom stereocenters. The van der Waals surface area contributed by atoms with Crippen LogP contribution in [0, 0.1) is 0 Å². The summed E-state index contributed by atoms with van der Waals surface area (Å²) >= 11 is 3.98. The Kier molecular flexibility index (Phi) is 11.4. The van der Waals surface area contributed by atoms with Crippen LogP contribution in [0.3, 0.4) is 0 Å². The molecule has 0 aliphatic carbocycles. The van der Waals surface area contributed by atoms with E-state index in [1.54, 1.807) is 12.1 Å². The highest BCUT2D eigenvalue weighted by Gasteiger charge is 2.33. The summed E-state index contributed by atoms with van der Waals surface area (Å²) in [5.41, 5.74) is 6.79. The number of aromatic hydroxyl groups is 2. The van der Waals surface area contributed by atoms with Gasteiger partial charge in [-0.1, -0.05) is 24.3 Å². The number of aliphatic hydroxyl groups excluding tert-OH is 1. The van der Waals surface area contributed by atoms with Crippen LogP contribution >= 0.6 is 12.6 Å². The third kappa shape index (κ3) is 9.25. The molecule has 206 valence electrons. The maximum absolute atomic E-state index is 13.2. The van der Waals surface area contributed by atoms with Gasteiger partial charge in [-0.2, -0.15) is 12.6 Å². The van der Waals surface area contributed by atoms with Crippen LogP contribution in [0.5, 0.6) is 11.5 Å². The summed E-state index contributed by atoms with van der Waals surface area (Å²) in [7, 11) is 0. The minimum Gasteiger partial charge on any atom is -0.508 e. The molecule has 0 aromatic heterocycles. The molecule has 0 fully saturated rings. The number of rotatable bonds is 13. The van der Waals surface area contributed by atoms with Crippen molar-refractivity contribution in [2.45, 2.75) is 50.0 Å². The number of aliphatic carboxylic acids is 1. The second kappa shape index (κ2) is 14.2. The Morgan fingerprint density at radius 2 is 1.24 bits per heavy atom. The SMILES string of the molecule is CC(O)C(NC(=O)C(Cc1ccc(O)cc1)NC(=O)C(N)CS)C(=O)NC(Cc1ccc(O)cc1)C(=O)O. The second-order valence-corrected chi connectivity index (χ2v) is 9.08. The fraction of sp³-hybridized carbons (Fsp3) is 0.360. The number of nitrogens with one attached hydrogen (secondary N) is 3. The molecule has 2 aromatic rings. The number of carbonyl (C=O) groups excluding carboxylic acids is 3. The number of hydrogen-bond donors (Lipinski definition) is 9. The van der Waals surface area contributed by atoms with Gasteiger partial charge in [0.2, 0.25) is 17.7 Å². The van der Waals surface area contributed by atoms with Crippen molar-refractivity contribution in [1.29, 1.82) is 0 Å². The predicted molar refractivity (Wildman–Crippen MR) is 141 cm³/mol. The van der Waals surface area contributed by atoms with Crippen LogP contribution in [0.1, 0.15) is 18.1 Å². The maximum atomic E-state index is 13.2. The second-order valence-electron chi connectivity index (χ2n) is 8.72. The molecule has 2 aromatic carbocycles. The fourth-order valence-corrected chi connectivity index (χ4v) is 3.59. The van der Waals surface area contributed by atoms with Gasteiger partial charge >= 0.3 is 5.97 Å². The third-order valence-corrected chi connectivity index (χ3v) is 5.99. The Bertz CT molecular complexity index is 1110. The first-order valence-corrected chi connectivity index (χ1v) is 12.3. The average Bonchev–Trinajstić information content (AvgIpc) is 2.87. The lowest BCUT2D eigenvalue weighted by Crippen LogP contribution is -2.60. The Hall–Kier alpha value is -3.81. The molecule has 0 radical (unpaired) electrons. The topological polar surface area (TPSA) is 211 Å². The number of carboxylic acids is 1. The van der Waals surface area contributed by atoms with Gasteiger partial charge in [-0.15, -0.1) is 0 Å². The number of thiol groups is 1. The molecule has 12 nitrogen and oxygen atoms in total. The first kappa shape index (κ1) is 30.4. The maximum Gasteiger partial charge on any atom is 0.326 e. The number of carboxylic acid groups (broad SMARTS) is 1. The van der Waals surface area contributed by atoms with Crippen LogP contribution in [-0.2, 0) is 32.0 Å². The molecule has 0 saturated carbocycles. The van der Waals surface area contributed by atoms with Crippen LogP contribution in [-0.4, -0.2) is 80.1 Å². The van der Waals surface area contributed by atoms with Crippen molar-refractivity contribution in [3.8, 4) is 11.5 Å². The third-order valence-electron chi connectivity index (χ3n) is 5.60. The predicted octanol–water partition coefficient (Wildman–Crippen LogP) is -0.940. The fourth-order valence-electron chi connectivity index (χ4n) is 3.43. The summed E-state index contributed by atoms with van der Waals surface area (Å²) in [4.78, 5) is 50.3. The summed E-state index contributed by atoms with van der Waals surface area (Å²) in [5, 5.41) is 45.9. The Morgan fingerprint density at radius 1 is 0.789 bits per heavy atom. The Balaban J connectivity index is 2.19. The number of benzene rings is 2. The molecule has 0 heterocycles. The van der Waals surface area contributed by atoms with Crippen LogP contribution < -0.4 is 21.7 Å². The van der Waals surface area contributed by atoms with Gasteiger partial charge in [0.25, 0.3) is 0 Å². The van der Waals surface area contributed by atoms with Gasteiger partial charge in [-0.25, -0.2) is 4.79 Å². The molecule has 3 amide bonds. The molecule has 5 atom stereocenters. The smallest absolute Gasteiger partial charge is 0.326 e. The normalized spacial score (nSPS) is 14.8. The highest BCUT2D eigenvalue weighted by Crippen LogP contribution is 2.13. The molecular formula is C25H32N4O8S. The quantitative estimate of drug-likeness (QED) is 0.141. The van der Waals surface area contributed by atoms with E-state index in [1.807, 2.05) is 0 Å². The molecule has 0 bridgehead atoms. The number of phenols is 2. The lowest BCUT2D eigenvalue weighted by Gasteiger charge is -2.26. The number of hydrogen-bond acceptors (Lipinski definition) is 9. The first-order valence-electron chi connectivity index (χ1n) is 11.7. The van der Waals surface area contributed by atoms with Crippen molar-refractivity contribution in [3.05, 3.63) is 59.7 Å². The lowest BCUT2D eigenvalue weighted by atomic mass is 10.0. The van der Waals surface area contributed by atoms with E-state index in [9.17, 15) is 39.6 Å². The van der Waals surface area contributed by atoms with Gasteiger partial charge in [0, 0.05) is 18.6 Å². The number of carbonyl (C=O) groups is 4. The molecule has 9 N–H and O–H groups in total. The Labute approximate surface area is 224 Å². The van der Waals surface area contributed by atoms with Crippen LogP contribution in [0.4, 0.5) is 0 Å². The summed E-state index contributed by atoms with van der Waals surface area (Å²) < 4.78 is 0. The van der Waals surface area contributed by atoms with Crippen molar-refractivity contribution < 1.29 is 39.6 Å². The van der Waals surface area contributed by atoms with E-state index in [0.29, 0.717) is 11.1 Å². The number of aliphatic hydroxyl groups is 1. The summed E-state index contributed by atoms with van der Waals surface area (Å²) in [6.07, 6.45) is -1.58. The lowest BCUT2D eigenvalue weighted by molar-refractivity contribution is -0.143. The standard InChI is InChI=1S/C25H32N4O8S/c1-13(30)21(24(35)28-20(25(36)37)11-15-4-8-17(32)9-5-15)29-23(34)19(27-22(33)18(26)12-38)10-14-2-6-16(31)7-3-14/h2-9,13,18-21,30-32,38H,10-12,26H2,1H3,(H,27,33)(H,28,35)(H,29,34)(H,36,37). The molecule has 2 rings (SSSR count). The van der Waals surface area contributed by atoms with Crippen LogP contribution in [0.25, 0.3) is 0 Å². The molecule has 0 aliphatic rings. The summed E-state index contributed by atoms with van der Waals surface area (Å²) in [6, 6.07) is 6.44. The minimum atomic E-state index is -1.55. The van der Waals surface area contributed by atoms with Crippen molar-refractivity contribution in [2.24, 2.45) is 5.73 Å². The molecule has 0 aliphatic heterocycles. The van der Waals surface area contributed by atoms with Gasteiger partial charge in [-0.05, 0) is 42.3 Å². The zero-order valence-electron chi connectivity index (χ0n) is 20.6. The van der Waals surface area contributed by atoms with Crippen LogP contribution in [0.2, 0.25) is 0 Å². The van der Waals surface area contributed by atoms with Crippen LogP contribution in [0.15, 0.2) is 48.5 Å². The molecule has 0 saturated heterocycles. The van der Waals surface area contributed by atoms with E-state index in [1.165, 1.54) is 43.3 Å². The molecule has 0 spiro atoms. The first-order chi connectivity index (χ1) is 17.9. The summed E-state index contributed by atoms with van der Waals surface area (Å²) in [6.45, 7) is 1.24. The average molecular weight is 549 g/mol. The molecule has 13 heteroatoms. The van der Waals surface area contributed by atoms with E-state index in [0.717, 1.165) is 0 Å². The van der Waals surface area contributed by atoms with Gasteiger partial charge in [0.05, 0.1) is 12.1 Å². The molecular weight excluding hydrogens is 516 g/mol. The Morgan fingerprint density at radius 3 is 1.66 bits per heavy atom. The van der Waals surface area contributed by atoms with E-state index in [4.69, 9.17) is 5.73 Å². The highest BCUT2D eigenvalue weighted by molar-refractivity contribution is 7.80. The highest BCUT2D eigenvalue weighted by atomic mass is 32.1. The monoisotopic (exact) mass is 548 g/mol. The molecule has 38 heavy (non-hydrogen) atoms. The summed E-state index contributed by atoms with van der Waals surface area (Å²) in [5.74, 6) is -3.80. The number of amides is 3. The largest absolute Gasteiger partial charge is 0.508 e.